The predicted molar refractivity (Wildman–Crippen MR) is 69.2 cm³/mol. The molecule has 0 bridgehead atoms. The van der Waals surface area contributed by atoms with Gasteiger partial charge < -0.3 is 15.0 Å². The van der Waals surface area contributed by atoms with E-state index in [1.807, 2.05) is 30.7 Å². The van der Waals surface area contributed by atoms with Crippen LogP contribution in [-0.2, 0) is 0 Å². The third-order valence-corrected chi connectivity index (χ3v) is 3.37. The van der Waals surface area contributed by atoms with Crippen LogP contribution in [0.2, 0.25) is 0 Å². The third kappa shape index (κ3) is 2.09. The van der Waals surface area contributed by atoms with Crippen molar-refractivity contribution < 1.29 is 5.11 Å². The summed E-state index contributed by atoms with van der Waals surface area (Å²) in [5.74, 6) is 1.11. The van der Waals surface area contributed by atoms with Gasteiger partial charge in [-0.25, -0.2) is 9.97 Å². The highest BCUT2D eigenvalue weighted by Crippen LogP contribution is 2.21. The van der Waals surface area contributed by atoms with Crippen LogP contribution >= 0.6 is 0 Å². The van der Waals surface area contributed by atoms with Crippen molar-refractivity contribution in [2.24, 2.45) is 5.92 Å². The standard InChI is InChI=1S/C13H16N4O/c18-9-10-3-5-17(8-10)13-15-6-11(7-16-13)12-2-1-4-14-12/h1-2,4,6-7,10,14,18H,3,5,8-9H2. The molecule has 3 heterocycles. The number of rotatable bonds is 3. The van der Waals surface area contributed by atoms with Gasteiger partial charge in [0.15, 0.2) is 0 Å². The van der Waals surface area contributed by atoms with Gasteiger partial charge in [0.05, 0.1) is 0 Å². The maximum atomic E-state index is 9.13. The summed E-state index contributed by atoms with van der Waals surface area (Å²) in [4.78, 5) is 14.1. The van der Waals surface area contributed by atoms with Crippen molar-refractivity contribution in [3.8, 4) is 11.3 Å². The Balaban J connectivity index is 1.76. The fourth-order valence-electron chi connectivity index (χ4n) is 2.30. The Kier molecular flexibility index (Phi) is 2.98. The molecular weight excluding hydrogens is 228 g/mol. The molecule has 2 aromatic rings. The predicted octanol–water partition coefficient (Wildman–Crippen LogP) is 1.29. The van der Waals surface area contributed by atoms with E-state index in [0.717, 1.165) is 36.7 Å². The number of nitrogens with zero attached hydrogens (tertiary/aromatic N) is 3. The van der Waals surface area contributed by atoms with Crippen molar-refractivity contribution in [3.63, 3.8) is 0 Å². The van der Waals surface area contributed by atoms with E-state index in [0.29, 0.717) is 5.92 Å². The van der Waals surface area contributed by atoms with E-state index in [4.69, 9.17) is 5.11 Å². The first-order valence-electron chi connectivity index (χ1n) is 6.18. The highest BCUT2D eigenvalue weighted by molar-refractivity contribution is 5.57. The normalized spacial score (nSPS) is 19.4. The van der Waals surface area contributed by atoms with Crippen LogP contribution in [0.15, 0.2) is 30.7 Å². The second-order valence-electron chi connectivity index (χ2n) is 4.64. The van der Waals surface area contributed by atoms with Gasteiger partial charge in [0.2, 0.25) is 5.95 Å². The van der Waals surface area contributed by atoms with Crippen LogP contribution in [0.25, 0.3) is 11.3 Å². The number of aromatic amines is 1. The highest BCUT2D eigenvalue weighted by atomic mass is 16.3. The number of nitrogens with one attached hydrogen (secondary N) is 1. The summed E-state index contributed by atoms with van der Waals surface area (Å²) in [6.07, 6.45) is 6.56. The smallest absolute Gasteiger partial charge is 0.225 e. The molecule has 0 aromatic carbocycles. The molecule has 5 nitrogen and oxygen atoms in total. The summed E-state index contributed by atoms with van der Waals surface area (Å²) in [6, 6.07) is 3.95. The van der Waals surface area contributed by atoms with Crippen LogP contribution in [0.4, 0.5) is 5.95 Å². The van der Waals surface area contributed by atoms with E-state index >= 15 is 0 Å². The van der Waals surface area contributed by atoms with E-state index in [1.54, 1.807) is 0 Å². The summed E-state index contributed by atoms with van der Waals surface area (Å²) < 4.78 is 0. The fourth-order valence-corrected chi connectivity index (χ4v) is 2.30. The molecular formula is C13H16N4O. The molecule has 3 rings (SSSR count). The van der Waals surface area contributed by atoms with Gasteiger partial charge >= 0.3 is 0 Å². The summed E-state index contributed by atoms with van der Waals surface area (Å²) in [5.41, 5.74) is 2.01. The first-order chi connectivity index (χ1) is 8.86. The van der Waals surface area contributed by atoms with Crippen molar-refractivity contribution in [2.75, 3.05) is 24.6 Å². The topological polar surface area (TPSA) is 65.0 Å². The molecule has 0 radical (unpaired) electrons. The minimum atomic E-state index is 0.247. The first-order valence-corrected chi connectivity index (χ1v) is 6.18. The molecule has 0 saturated carbocycles. The van der Waals surface area contributed by atoms with Gasteiger partial charge in [-0.15, -0.1) is 0 Å². The molecule has 2 N–H and O–H groups in total. The summed E-state index contributed by atoms with van der Waals surface area (Å²) >= 11 is 0. The lowest BCUT2D eigenvalue weighted by molar-refractivity contribution is 0.238. The Morgan fingerprint density at radius 1 is 1.39 bits per heavy atom. The molecule has 1 fully saturated rings. The molecule has 0 aliphatic carbocycles. The molecule has 2 aromatic heterocycles. The molecule has 94 valence electrons. The van der Waals surface area contributed by atoms with E-state index in [1.165, 1.54) is 0 Å². The molecule has 18 heavy (non-hydrogen) atoms. The average molecular weight is 244 g/mol. The SMILES string of the molecule is OCC1CCN(c2ncc(-c3ccc[nH]3)cn2)C1. The van der Waals surface area contributed by atoms with Crippen LogP contribution in [0, 0.1) is 5.92 Å². The third-order valence-electron chi connectivity index (χ3n) is 3.37. The summed E-state index contributed by atoms with van der Waals surface area (Å²) in [6.45, 7) is 2.02. The number of aliphatic hydroxyl groups excluding tert-OH is 1. The number of hydrogen-bond donors (Lipinski definition) is 2. The Labute approximate surface area is 106 Å². The molecule has 1 aliphatic rings. The zero-order chi connectivity index (χ0) is 12.4. The van der Waals surface area contributed by atoms with Crippen LogP contribution in [0.5, 0.6) is 0 Å². The molecule has 5 heteroatoms. The molecule has 1 atom stereocenters. The monoisotopic (exact) mass is 244 g/mol. The van der Waals surface area contributed by atoms with E-state index in [2.05, 4.69) is 19.9 Å². The maximum Gasteiger partial charge on any atom is 0.225 e. The Morgan fingerprint density at radius 2 is 2.22 bits per heavy atom. The molecule has 0 spiro atoms. The van der Waals surface area contributed by atoms with E-state index in [-0.39, 0.29) is 6.61 Å². The van der Waals surface area contributed by atoms with Crippen molar-refractivity contribution in [1.82, 2.24) is 15.0 Å². The van der Waals surface area contributed by atoms with Crippen molar-refractivity contribution in [3.05, 3.63) is 30.7 Å². The minimum Gasteiger partial charge on any atom is -0.396 e. The van der Waals surface area contributed by atoms with E-state index in [9.17, 15) is 0 Å². The Bertz CT molecular complexity index is 494. The van der Waals surface area contributed by atoms with Crippen molar-refractivity contribution in [1.29, 1.82) is 0 Å². The number of aromatic nitrogens is 3. The van der Waals surface area contributed by atoms with Gasteiger partial charge in [-0.1, -0.05) is 0 Å². The van der Waals surface area contributed by atoms with E-state index < -0.39 is 0 Å². The van der Waals surface area contributed by atoms with Crippen LogP contribution in [0.3, 0.4) is 0 Å². The zero-order valence-electron chi connectivity index (χ0n) is 10.1. The van der Waals surface area contributed by atoms with Crippen molar-refractivity contribution >= 4 is 5.95 Å². The molecule has 1 unspecified atom stereocenters. The number of aliphatic hydroxyl groups is 1. The van der Waals surface area contributed by atoms with Gasteiger partial charge in [-0.05, 0) is 18.6 Å². The largest absolute Gasteiger partial charge is 0.396 e. The minimum absolute atomic E-state index is 0.247. The summed E-state index contributed by atoms with van der Waals surface area (Å²) in [7, 11) is 0. The van der Waals surface area contributed by atoms with Gasteiger partial charge in [-0.2, -0.15) is 0 Å². The lowest BCUT2D eigenvalue weighted by atomic mass is 10.1. The van der Waals surface area contributed by atoms with Gasteiger partial charge in [0.1, 0.15) is 0 Å². The van der Waals surface area contributed by atoms with Gasteiger partial charge in [0, 0.05) is 55.5 Å². The van der Waals surface area contributed by atoms with Gasteiger partial charge in [-0.3, -0.25) is 0 Å². The second kappa shape index (κ2) is 4.78. The zero-order valence-corrected chi connectivity index (χ0v) is 10.1. The van der Waals surface area contributed by atoms with Crippen LogP contribution < -0.4 is 4.90 Å². The number of anilines is 1. The first kappa shape index (κ1) is 11.2. The maximum absolute atomic E-state index is 9.13. The average Bonchev–Trinajstić information content (AvgIpc) is 3.10. The van der Waals surface area contributed by atoms with Gasteiger partial charge in [0.25, 0.3) is 0 Å². The van der Waals surface area contributed by atoms with Crippen molar-refractivity contribution in [2.45, 2.75) is 6.42 Å². The van der Waals surface area contributed by atoms with Crippen LogP contribution in [0.1, 0.15) is 6.42 Å². The molecule has 1 aliphatic heterocycles. The second-order valence-corrected chi connectivity index (χ2v) is 4.64. The molecule has 0 amide bonds. The fraction of sp³-hybridized carbons (Fsp3) is 0.385. The molecule has 1 saturated heterocycles. The lowest BCUT2D eigenvalue weighted by Crippen LogP contribution is -2.22. The summed E-state index contributed by atoms with van der Waals surface area (Å²) in [5, 5.41) is 9.13. The quantitative estimate of drug-likeness (QED) is 0.854. The highest BCUT2D eigenvalue weighted by Gasteiger charge is 2.23. The van der Waals surface area contributed by atoms with Crippen LogP contribution in [-0.4, -0.2) is 39.8 Å². The number of H-pyrrole nitrogens is 1. The number of hydrogen-bond acceptors (Lipinski definition) is 4. The Morgan fingerprint density at radius 3 is 2.83 bits per heavy atom. The Hall–Kier alpha value is -1.88. The lowest BCUT2D eigenvalue weighted by Gasteiger charge is -2.15.